The van der Waals surface area contributed by atoms with Crippen LogP contribution < -0.4 is 16.2 Å². The molecule has 0 radical (unpaired) electrons. The van der Waals surface area contributed by atoms with E-state index in [1.807, 2.05) is 24.3 Å². The van der Waals surface area contributed by atoms with Gasteiger partial charge in [-0.25, -0.2) is 4.39 Å². The van der Waals surface area contributed by atoms with Gasteiger partial charge in [0, 0.05) is 24.5 Å². The zero-order valence-electron chi connectivity index (χ0n) is 12.3. The number of hydrogen-bond acceptors (Lipinski definition) is 4. The van der Waals surface area contributed by atoms with Gasteiger partial charge in [-0.2, -0.15) is 0 Å². The van der Waals surface area contributed by atoms with Crippen molar-refractivity contribution in [2.75, 3.05) is 7.11 Å². The number of allylic oxidation sites excluding steroid dienone is 1. The molecular weight excluding hydrogens is 281 g/mol. The van der Waals surface area contributed by atoms with Gasteiger partial charge in [0.05, 0.1) is 12.8 Å². The first-order valence-corrected chi connectivity index (χ1v) is 6.76. The van der Waals surface area contributed by atoms with Crippen LogP contribution in [0.15, 0.2) is 53.7 Å². The predicted octanol–water partition coefficient (Wildman–Crippen LogP) is 3.00. The predicted molar refractivity (Wildman–Crippen MR) is 87.6 cm³/mol. The summed E-state index contributed by atoms with van der Waals surface area (Å²) in [5, 5.41) is 0. The minimum Gasteiger partial charge on any atom is -0.497 e. The Bertz CT molecular complexity index is 694. The molecule has 0 bridgehead atoms. The summed E-state index contributed by atoms with van der Waals surface area (Å²) in [5.74, 6) is 0.404. The lowest BCUT2D eigenvalue weighted by molar-refractivity contribution is 0.415. The monoisotopic (exact) mass is 299 g/mol. The molecule has 5 heteroatoms. The van der Waals surface area contributed by atoms with Gasteiger partial charge in [-0.15, -0.1) is 0 Å². The van der Waals surface area contributed by atoms with Crippen molar-refractivity contribution in [3.8, 4) is 5.75 Å². The van der Waals surface area contributed by atoms with E-state index in [1.165, 1.54) is 18.3 Å². The van der Waals surface area contributed by atoms with Crippen molar-refractivity contribution in [1.29, 1.82) is 0 Å². The van der Waals surface area contributed by atoms with E-state index in [9.17, 15) is 4.39 Å². The number of ether oxygens (including phenoxy) is 1. The van der Waals surface area contributed by atoms with Gasteiger partial charge >= 0.3 is 0 Å². The second-order valence-corrected chi connectivity index (χ2v) is 4.63. The molecule has 22 heavy (non-hydrogen) atoms. The summed E-state index contributed by atoms with van der Waals surface area (Å²) < 4.78 is 18.7. The maximum absolute atomic E-state index is 13.6. The topological polar surface area (TPSA) is 73.6 Å². The van der Waals surface area contributed by atoms with Crippen LogP contribution in [0.4, 0.5) is 10.1 Å². The van der Waals surface area contributed by atoms with Crippen LogP contribution in [-0.4, -0.2) is 13.3 Å². The summed E-state index contributed by atoms with van der Waals surface area (Å²) in [5.41, 5.74) is 13.9. The molecule has 0 aliphatic rings. The number of halogens is 1. The Morgan fingerprint density at radius 3 is 2.55 bits per heavy atom. The number of nitrogens with zero attached hydrogens (tertiary/aromatic N) is 1. The third-order valence-electron chi connectivity index (χ3n) is 3.13. The Morgan fingerprint density at radius 1 is 1.23 bits per heavy atom. The van der Waals surface area contributed by atoms with Gasteiger partial charge in [-0.05, 0) is 53.6 Å². The molecule has 0 aromatic heterocycles. The molecule has 4 N–H and O–H groups in total. The van der Waals surface area contributed by atoms with Crippen LogP contribution in [0.3, 0.4) is 0 Å². The van der Waals surface area contributed by atoms with Crippen LogP contribution in [-0.2, 0) is 6.54 Å². The molecule has 0 atom stereocenters. The van der Waals surface area contributed by atoms with Gasteiger partial charge < -0.3 is 16.2 Å². The summed E-state index contributed by atoms with van der Waals surface area (Å²) in [6.45, 7) is 0.262. The molecule has 0 amide bonds. The number of benzene rings is 2. The number of rotatable bonds is 5. The van der Waals surface area contributed by atoms with Gasteiger partial charge in [0.15, 0.2) is 0 Å². The first kappa shape index (κ1) is 15.7. The Labute approximate surface area is 128 Å². The van der Waals surface area contributed by atoms with Crippen molar-refractivity contribution >= 4 is 17.5 Å². The van der Waals surface area contributed by atoms with Crippen LogP contribution in [0.5, 0.6) is 5.75 Å². The summed E-state index contributed by atoms with van der Waals surface area (Å²) in [6.07, 6.45) is 2.99. The van der Waals surface area contributed by atoms with Crippen LogP contribution in [0.2, 0.25) is 0 Å². The summed E-state index contributed by atoms with van der Waals surface area (Å²) in [6, 6.07) is 11.9. The van der Waals surface area contributed by atoms with E-state index in [4.69, 9.17) is 16.2 Å². The van der Waals surface area contributed by atoms with Crippen molar-refractivity contribution in [1.82, 2.24) is 0 Å². The van der Waals surface area contributed by atoms with Crippen molar-refractivity contribution in [2.45, 2.75) is 6.54 Å². The molecule has 2 aromatic carbocycles. The molecule has 0 aliphatic carbocycles. The lowest BCUT2D eigenvalue weighted by Crippen LogP contribution is -2.00. The third kappa shape index (κ3) is 3.93. The molecule has 2 aromatic rings. The molecule has 0 saturated heterocycles. The second kappa shape index (κ2) is 7.38. The van der Waals surface area contributed by atoms with E-state index in [0.717, 1.165) is 11.4 Å². The molecule has 0 heterocycles. The highest BCUT2D eigenvalue weighted by Gasteiger charge is 2.04. The largest absolute Gasteiger partial charge is 0.497 e. The van der Waals surface area contributed by atoms with E-state index >= 15 is 0 Å². The average molecular weight is 299 g/mol. The lowest BCUT2D eigenvalue weighted by atomic mass is 10.0. The summed E-state index contributed by atoms with van der Waals surface area (Å²) in [4.78, 5) is 4.33. The van der Waals surface area contributed by atoms with Crippen molar-refractivity contribution in [3.63, 3.8) is 0 Å². The average Bonchev–Trinajstić information content (AvgIpc) is 2.55. The summed E-state index contributed by atoms with van der Waals surface area (Å²) >= 11 is 0. The molecular formula is C17H18FN3O. The zero-order valence-corrected chi connectivity index (χ0v) is 12.3. The number of methoxy groups -OCH3 is 1. The van der Waals surface area contributed by atoms with E-state index in [2.05, 4.69) is 4.99 Å². The van der Waals surface area contributed by atoms with Crippen LogP contribution >= 0.6 is 0 Å². The molecule has 2 rings (SSSR count). The molecule has 0 unspecified atom stereocenters. The van der Waals surface area contributed by atoms with E-state index in [-0.39, 0.29) is 12.4 Å². The van der Waals surface area contributed by atoms with E-state index in [1.54, 1.807) is 19.4 Å². The fourth-order valence-electron chi connectivity index (χ4n) is 1.96. The smallest absolute Gasteiger partial charge is 0.124 e. The third-order valence-corrected chi connectivity index (χ3v) is 3.13. The Kier molecular flexibility index (Phi) is 5.27. The highest BCUT2D eigenvalue weighted by atomic mass is 19.1. The fraction of sp³-hybridized carbons (Fsp3) is 0.118. The van der Waals surface area contributed by atoms with Crippen molar-refractivity contribution in [2.24, 2.45) is 16.5 Å². The van der Waals surface area contributed by atoms with Crippen LogP contribution in [0, 0.1) is 5.82 Å². The lowest BCUT2D eigenvalue weighted by Gasteiger charge is -2.05. The molecule has 0 saturated carbocycles. The highest BCUT2D eigenvalue weighted by Crippen LogP contribution is 2.20. The Balaban J connectivity index is 2.25. The SMILES string of the molecule is COc1ccc(N=CC(=CN)c2cc(F)cc(CN)c2)cc1. The van der Waals surface area contributed by atoms with Crippen LogP contribution in [0.25, 0.3) is 5.57 Å². The van der Waals surface area contributed by atoms with E-state index < -0.39 is 0 Å². The number of nitrogens with two attached hydrogens (primary N) is 2. The fourth-order valence-corrected chi connectivity index (χ4v) is 1.96. The first-order chi connectivity index (χ1) is 10.7. The van der Waals surface area contributed by atoms with Gasteiger partial charge in [0.1, 0.15) is 11.6 Å². The quantitative estimate of drug-likeness (QED) is 0.833. The van der Waals surface area contributed by atoms with Gasteiger partial charge in [0.25, 0.3) is 0 Å². The molecule has 114 valence electrons. The van der Waals surface area contributed by atoms with Crippen molar-refractivity contribution < 1.29 is 9.13 Å². The number of hydrogen-bond donors (Lipinski definition) is 2. The first-order valence-electron chi connectivity index (χ1n) is 6.76. The van der Waals surface area contributed by atoms with Crippen LogP contribution in [0.1, 0.15) is 11.1 Å². The maximum Gasteiger partial charge on any atom is 0.124 e. The van der Waals surface area contributed by atoms with Gasteiger partial charge in [-0.1, -0.05) is 0 Å². The van der Waals surface area contributed by atoms with E-state index in [0.29, 0.717) is 16.7 Å². The molecule has 4 nitrogen and oxygen atoms in total. The van der Waals surface area contributed by atoms with Crippen molar-refractivity contribution in [3.05, 3.63) is 65.6 Å². The Morgan fingerprint density at radius 2 is 1.95 bits per heavy atom. The van der Waals surface area contributed by atoms with Gasteiger partial charge in [-0.3, -0.25) is 4.99 Å². The summed E-state index contributed by atoms with van der Waals surface area (Å²) in [7, 11) is 1.60. The normalized spacial score (nSPS) is 11.9. The second-order valence-electron chi connectivity index (χ2n) is 4.63. The molecule has 0 fully saturated rings. The standard InChI is InChI=1S/C17H18FN3O/c1-22-17-4-2-16(3-5-17)21-11-14(10-20)13-6-12(9-19)7-15(18)8-13/h2-8,10-11H,9,19-20H2,1H3. The Hall–Kier alpha value is -2.66. The zero-order chi connectivity index (χ0) is 15.9. The minimum absolute atomic E-state index is 0.262. The molecule has 0 aliphatic heterocycles. The molecule has 0 spiro atoms. The van der Waals surface area contributed by atoms with Gasteiger partial charge in [0.2, 0.25) is 0 Å². The minimum atomic E-state index is -0.352. The highest BCUT2D eigenvalue weighted by molar-refractivity contribution is 6.10. The number of aliphatic imine (C=N–C) groups is 1. The maximum atomic E-state index is 13.6.